The van der Waals surface area contributed by atoms with Gasteiger partial charge in [0.1, 0.15) is 0 Å². The number of hydrogen-bond donors (Lipinski definition) is 0. The second-order valence-corrected chi connectivity index (χ2v) is 5.75. The van der Waals surface area contributed by atoms with Crippen molar-refractivity contribution in [3.63, 3.8) is 0 Å². The molecule has 2 rings (SSSR count). The van der Waals surface area contributed by atoms with Gasteiger partial charge in [-0.15, -0.1) is 0 Å². The van der Waals surface area contributed by atoms with Crippen LogP contribution < -0.4 is 9.47 Å². The van der Waals surface area contributed by atoms with Crippen molar-refractivity contribution in [3.05, 3.63) is 58.7 Å². The maximum absolute atomic E-state index is 5.39. The summed E-state index contributed by atoms with van der Waals surface area (Å²) in [6.45, 7) is 4.18. The lowest BCUT2D eigenvalue weighted by Crippen LogP contribution is -1.99. The summed E-state index contributed by atoms with van der Waals surface area (Å²) in [6, 6.07) is 12.6. The Kier molecular flexibility index (Phi) is 4.71. The van der Waals surface area contributed by atoms with Crippen molar-refractivity contribution in [2.45, 2.75) is 18.7 Å². The van der Waals surface area contributed by atoms with E-state index in [9.17, 15) is 0 Å². The minimum atomic E-state index is 0.142. The summed E-state index contributed by atoms with van der Waals surface area (Å²) in [5.74, 6) is 1.52. The molecule has 0 radical (unpaired) electrons. The third-order valence-electron chi connectivity index (χ3n) is 3.42. The molecule has 0 bridgehead atoms. The Labute approximate surface area is 128 Å². The van der Waals surface area contributed by atoms with Crippen molar-refractivity contribution in [1.29, 1.82) is 0 Å². The molecule has 0 amide bonds. The Morgan fingerprint density at radius 2 is 1.45 bits per heavy atom. The van der Waals surface area contributed by atoms with Crippen molar-refractivity contribution in [3.8, 4) is 11.5 Å². The van der Waals surface area contributed by atoms with Crippen molar-refractivity contribution in [1.82, 2.24) is 0 Å². The number of ether oxygens (including phenoxy) is 2. The molecular weight excluding hydrogens is 316 g/mol. The number of halogens is 1. The van der Waals surface area contributed by atoms with Gasteiger partial charge in [0, 0.05) is 0 Å². The highest BCUT2D eigenvalue weighted by atomic mass is 79.9. The third kappa shape index (κ3) is 2.98. The number of alkyl halides is 1. The van der Waals surface area contributed by atoms with Gasteiger partial charge in [-0.2, -0.15) is 0 Å². The average molecular weight is 335 g/mol. The van der Waals surface area contributed by atoms with E-state index in [2.05, 4.69) is 54.0 Å². The lowest BCUT2D eigenvalue weighted by atomic mass is 9.99. The van der Waals surface area contributed by atoms with Gasteiger partial charge in [0.15, 0.2) is 11.5 Å². The molecule has 106 valence electrons. The lowest BCUT2D eigenvalue weighted by molar-refractivity contribution is 0.354. The SMILES string of the molecule is COc1cc(C)c(C(Br)c2ccc(C)cc2)cc1OC. The van der Waals surface area contributed by atoms with E-state index in [4.69, 9.17) is 9.47 Å². The van der Waals surface area contributed by atoms with E-state index in [0.717, 1.165) is 11.5 Å². The molecule has 1 unspecified atom stereocenters. The minimum absolute atomic E-state index is 0.142. The fourth-order valence-electron chi connectivity index (χ4n) is 2.18. The molecule has 3 heteroatoms. The molecule has 0 aromatic heterocycles. The van der Waals surface area contributed by atoms with Crippen LogP contribution >= 0.6 is 15.9 Å². The van der Waals surface area contributed by atoms with Crippen molar-refractivity contribution < 1.29 is 9.47 Å². The molecule has 0 aliphatic heterocycles. The number of aryl methyl sites for hydroxylation is 2. The average Bonchev–Trinajstić information content (AvgIpc) is 2.47. The van der Waals surface area contributed by atoms with Crippen LogP contribution in [0, 0.1) is 13.8 Å². The number of methoxy groups -OCH3 is 2. The first kappa shape index (κ1) is 14.9. The topological polar surface area (TPSA) is 18.5 Å². The maximum atomic E-state index is 5.39. The van der Waals surface area contributed by atoms with E-state index in [-0.39, 0.29) is 4.83 Å². The monoisotopic (exact) mass is 334 g/mol. The number of hydrogen-bond acceptors (Lipinski definition) is 2. The van der Waals surface area contributed by atoms with Crippen LogP contribution in [0.1, 0.15) is 27.1 Å². The predicted octanol–water partition coefficient (Wildman–Crippen LogP) is 4.80. The van der Waals surface area contributed by atoms with Crippen molar-refractivity contribution >= 4 is 15.9 Å². The van der Waals surface area contributed by atoms with Crippen LogP contribution in [0.3, 0.4) is 0 Å². The zero-order chi connectivity index (χ0) is 14.7. The van der Waals surface area contributed by atoms with E-state index in [1.165, 1.54) is 22.3 Å². The van der Waals surface area contributed by atoms with Crippen LogP contribution in [0.15, 0.2) is 36.4 Å². The van der Waals surface area contributed by atoms with Crippen LogP contribution in [-0.4, -0.2) is 14.2 Å². The summed E-state index contributed by atoms with van der Waals surface area (Å²) < 4.78 is 10.7. The van der Waals surface area contributed by atoms with Crippen LogP contribution in [-0.2, 0) is 0 Å². The molecule has 2 nitrogen and oxygen atoms in total. The Bertz CT molecular complexity index is 591. The summed E-state index contributed by atoms with van der Waals surface area (Å²) in [6.07, 6.45) is 0. The molecule has 0 heterocycles. The molecule has 0 aliphatic rings. The second kappa shape index (κ2) is 6.31. The fraction of sp³-hybridized carbons (Fsp3) is 0.294. The molecule has 2 aromatic rings. The highest BCUT2D eigenvalue weighted by molar-refractivity contribution is 9.09. The molecule has 0 spiro atoms. The van der Waals surface area contributed by atoms with Gasteiger partial charge in [-0.3, -0.25) is 0 Å². The van der Waals surface area contributed by atoms with Crippen molar-refractivity contribution in [2.75, 3.05) is 14.2 Å². The van der Waals surface area contributed by atoms with E-state index < -0.39 is 0 Å². The van der Waals surface area contributed by atoms with Gasteiger partial charge >= 0.3 is 0 Å². The van der Waals surface area contributed by atoms with Crippen LogP contribution in [0.5, 0.6) is 11.5 Å². The molecule has 0 saturated carbocycles. The quantitative estimate of drug-likeness (QED) is 0.747. The van der Waals surface area contributed by atoms with E-state index in [1.54, 1.807) is 14.2 Å². The van der Waals surface area contributed by atoms with Crippen LogP contribution in [0.2, 0.25) is 0 Å². The number of benzene rings is 2. The Balaban J connectivity index is 2.43. The van der Waals surface area contributed by atoms with Crippen LogP contribution in [0.4, 0.5) is 0 Å². The lowest BCUT2D eigenvalue weighted by Gasteiger charge is -2.17. The second-order valence-electron chi connectivity index (χ2n) is 4.84. The van der Waals surface area contributed by atoms with E-state index in [1.807, 2.05) is 12.1 Å². The summed E-state index contributed by atoms with van der Waals surface area (Å²) in [7, 11) is 3.31. The van der Waals surface area contributed by atoms with Gasteiger partial charge < -0.3 is 9.47 Å². The first-order chi connectivity index (χ1) is 9.56. The zero-order valence-electron chi connectivity index (χ0n) is 12.2. The molecule has 0 aliphatic carbocycles. The summed E-state index contributed by atoms with van der Waals surface area (Å²) in [5.41, 5.74) is 4.85. The molecular formula is C17H19BrO2. The highest BCUT2D eigenvalue weighted by Gasteiger charge is 2.16. The first-order valence-corrected chi connectivity index (χ1v) is 7.41. The van der Waals surface area contributed by atoms with Gasteiger partial charge in [0.25, 0.3) is 0 Å². The Morgan fingerprint density at radius 1 is 0.900 bits per heavy atom. The van der Waals surface area contributed by atoms with E-state index >= 15 is 0 Å². The third-order valence-corrected chi connectivity index (χ3v) is 4.44. The van der Waals surface area contributed by atoms with Crippen LogP contribution in [0.25, 0.3) is 0 Å². The first-order valence-electron chi connectivity index (χ1n) is 6.50. The standard InChI is InChI=1S/C17H19BrO2/c1-11-5-7-13(8-6-11)17(18)14-10-16(20-4)15(19-3)9-12(14)2/h5-10,17H,1-4H3. The van der Waals surface area contributed by atoms with Gasteiger partial charge in [-0.25, -0.2) is 0 Å². The summed E-state index contributed by atoms with van der Waals surface area (Å²) in [4.78, 5) is 0.142. The Morgan fingerprint density at radius 3 is 2.00 bits per heavy atom. The van der Waals surface area contributed by atoms with Crippen molar-refractivity contribution in [2.24, 2.45) is 0 Å². The maximum Gasteiger partial charge on any atom is 0.161 e. The number of rotatable bonds is 4. The predicted molar refractivity (Wildman–Crippen MR) is 86.2 cm³/mol. The highest BCUT2D eigenvalue weighted by Crippen LogP contribution is 2.38. The van der Waals surface area contributed by atoms with Gasteiger partial charge in [-0.1, -0.05) is 45.8 Å². The minimum Gasteiger partial charge on any atom is -0.493 e. The van der Waals surface area contributed by atoms with Gasteiger partial charge in [0.05, 0.1) is 19.0 Å². The zero-order valence-corrected chi connectivity index (χ0v) is 13.8. The smallest absolute Gasteiger partial charge is 0.161 e. The Hall–Kier alpha value is -1.48. The molecule has 1 atom stereocenters. The molecule has 0 saturated heterocycles. The van der Waals surface area contributed by atoms with E-state index in [0.29, 0.717) is 0 Å². The summed E-state index contributed by atoms with van der Waals surface area (Å²) >= 11 is 3.78. The van der Waals surface area contributed by atoms with Gasteiger partial charge in [-0.05, 0) is 42.7 Å². The molecule has 2 aromatic carbocycles. The fourth-order valence-corrected chi connectivity index (χ4v) is 2.98. The molecule has 0 N–H and O–H groups in total. The van der Waals surface area contributed by atoms with Gasteiger partial charge in [0.2, 0.25) is 0 Å². The summed E-state index contributed by atoms with van der Waals surface area (Å²) in [5, 5.41) is 0. The largest absolute Gasteiger partial charge is 0.493 e. The normalized spacial score (nSPS) is 12.1. The molecule has 20 heavy (non-hydrogen) atoms. The molecule has 0 fully saturated rings.